The van der Waals surface area contributed by atoms with E-state index in [2.05, 4.69) is 15.2 Å². The van der Waals surface area contributed by atoms with Crippen molar-refractivity contribution in [3.05, 3.63) is 71.4 Å². The summed E-state index contributed by atoms with van der Waals surface area (Å²) < 4.78 is 45.7. The lowest BCUT2D eigenvalue weighted by atomic mass is 10.2. The summed E-state index contributed by atoms with van der Waals surface area (Å²) in [5, 5.41) is 6.76. The third kappa shape index (κ3) is 5.00. The van der Waals surface area contributed by atoms with Crippen molar-refractivity contribution in [2.45, 2.75) is 24.7 Å². The fourth-order valence-electron chi connectivity index (χ4n) is 2.89. The van der Waals surface area contributed by atoms with Gasteiger partial charge in [-0.15, -0.1) is 0 Å². The van der Waals surface area contributed by atoms with Crippen molar-refractivity contribution in [1.29, 1.82) is 0 Å². The van der Waals surface area contributed by atoms with Crippen molar-refractivity contribution in [1.82, 2.24) is 5.16 Å². The van der Waals surface area contributed by atoms with Crippen molar-refractivity contribution in [2.24, 2.45) is 5.92 Å². The molecule has 160 valence electrons. The molecule has 31 heavy (non-hydrogen) atoms. The van der Waals surface area contributed by atoms with E-state index in [1.165, 1.54) is 36.4 Å². The molecule has 0 bridgehead atoms. The molecule has 0 unspecified atom stereocenters. The molecule has 1 saturated carbocycles. The highest BCUT2D eigenvalue weighted by Gasteiger charge is 2.30. The van der Waals surface area contributed by atoms with Gasteiger partial charge in [-0.05, 0) is 67.8 Å². The van der Waals surface area contributed by atoms with Crippen LogP contribution in [0.4, 0.5) is 15.8 Å². The molecule has 4 rings (SSSR count). The average Bonchev–Trinajstić information content (AvgIpc) is 3.54. The number of nitrogens with one attached hydrogen (secondary N) is 2. The van der Waals surface area contributed by atoms with Crippen LogP contribution in [0.3, 0.4) is 0 Å². The fraction of sp³-hybridized carbons (Fsp3) is 0.182. The number of hydrogen-bond acceptors (Lipinski definition) is 5. The van der Waals surface area contributed by atoms with Gasteiger partial charge in [0, 0.05) is 11.6 Å². The normalized spacial score (nSPS) is 14.0. The van der Waals surface area contributed by atoms with E-state index in [4.69, 9.17) is 4.52 Å². The highest BCUT2D eigenvalue weighted by molar-refractivity contribution is 7.92. The molecule has 7 nitrogen and oxygen atoms in total. The maximum absolute atomic E-state index is 13.0. The third-order valence-electron chi connectivity index (χ3n) is 4.80. The van der Waals surface area contributed by atoms with Gasteiger partial charge in [0.05, 0.1) is 4.90 Å². The lowest BCUT2D eigenvalue weighted by molar-refractivity contribution is -0.117. The second-order valence-electron chi connectivity index (χ2n) is 7.29. The van der Waals surface area contributed by atoms with Gasteiger partial charge in [0.2, 0.25) is 5.91 Å². The minimum absolute atomic E-state index is 0.0378. The minimum atomic E-state index is -3.80. The molecule has 1 amide bonds. The van der Waals surface area contributed by atoms with Gasteiger partial charge >= 0.3 is 0 Å². The molecule has 1 aromatic heterocycles. The summed E-state index contributed by atoms with van der Waals surface area (Å²) in [6.07, 6.45) is 5.19. The largest absolute Gasteiger partial charge is 0.354 e. The second kappa shape index (κ2) is 8.35. The molecule has 1 aliphatic carbocycles. The highest BCUT2D eigenvalue weighted by atomic mass is 32.2. The fourth-order valence-corrected chi connectivity index (χ4v) is 3.94. The van der Waals surface area contributed by atoms with E-state index in [-0.39, 0.29) is 22.4 Å². The molecule has 2 aromatic carbocycles. The number of aryl methyl sites for hydroxylation is 1. The summed E-state index contributed by atoms with van der Waals surface area (Å²) in [5.41, 5.74) is 2.12. The van der Waals surface area contributed by atoms with Gasteiger partial charge in [0.25, 0.3) is 10.0 Å². The summed E-state index contributed by atoms with van der Waals surface area (Å²) in [7, 11) is -3.80. The van der Waals surface area contributed by atoms with E-state index >= 15 is 0 Å². The van der Waals surface area contributed by atoms with E-state index in [1.807, 2.05) is 0 Å². The number of amides is 1. The van der Waals surface area contributed by atoms with Crippen LogP contribution >= 0.6 is 0 Å². The van der Waals surface area contributed by atoms with Crippen LogP contribution in [0, 0.1) is 18.7 Å². The van der Waals surface area contributed by atoms with Crippen molar-refractivity contribution in [3.63, 3.8) is 0 Å². The van der Waals surface area contributed by atoms with Crippen molar-refractivity contribution in [2.75, 3.05) is 10.0 Å². The first-order chi connectivity index (χ1) is 14.8. The van der Waals surface area contributed by atoms with Crippen molar-refractivity contribution in [3.8, 4) is 0 Å². The Balaban J connectivity index is 1.47. The number of aromatic nitrogens is 1. The van der Waals surface area contributed by atoms with Gasteiger partial charge in [-0.2, -0.15) is 0 Å². The second-order valence-corrected chi connectivity index (χ2v) is 8.97. The predicted octanol–water partition coefficient (Wildman–Crippen LogP) is 4.44. The average molecular weight is 441 g/mol. The molecule has 1 aliphatic rings. The zero-order valence-corrected chi connectivity index (χ0v) is 17.4. The Morgan fingerprint density at radius 3 is 2.42 bits per heavy atom. The number of nitrogens with zero attached hydrogens (tertiary/aromatic N) is 1. The van der Waals surface area contributed by atoms with Crippen LogP contribution < -0.4 is 10.0 Å². The Kier molecular flexibility index (Phi) is 5.60. The molecule has 0 atom stereocenters. The minimum Gasteiger partial charge on any atom is -0.354 e. The zero-order valence-electron chi connectivity index (χ0n) is 16.6. The summed E-state index contributed by atoms with van der Waals surface area (Å²) >= 11 is 0. The number of halogens is 1. The summed E-state index contributed by atoms with van der Waals surface area (Å²) in [6, 6.07) is 11.3. The molecular weight excluding hydrogens is 421 g/mol. The first kappa shape index (κ1) is 20.8. The monoisotopic (exact) mass is 441 g/mol. The van der Waals surface area contributed by atoms with Crippen LogP contribution in [-0.4, -0.2) is 19.5 Å². The van der Waals surface area contributed by atoms with E-state index in [0.717, 1.165) is 18.4 Å². The highest BCUT2D eigenvalue weighted by Crippen LogP contribution is 2.32. The summed E-state index contributed by atoms with van der Waals surface area (Å²) in [4.78, 5) is 12.1. The van der Waals surface area contributed by atoms with Gasteiger partial charge in [-0.25, -0.2) is 12.8 Å². The van der Waals surface area contributed by atoms with Crippen molar-refractivity contribution < 1.29 is 22.1 Å². The molecule has 1 heterocycles. The van der Waals surface area contributed by atoms with Gasteiger partial charge < -0.3 is 9.84 Å². The lowest BCUT2D eigenvalue weighted by Crippen LogP contribution is -2.14. The third-order valence-corrected chi connectivity index (χ3v) is 6.20. The van der Waals surface area contributed by atoms with E-state index in [9.17, 15) is 17.6 Å². The zero-order chi connectivity index (χ0) is 22.0. The Morgan fingerprint density at radius 1 is 1.10 bits per heavy atom. The molecule has 3 aromatic rings. The van der Waals surface area contributed by atoms with Crippen LogP contribution in [0.15, 0.2) is 57.9 Å². The molecule has 0 radical (unpaired) electrons. The quantitative estimate of drug-likeness (QED) is 0.564. The smallest absolute Gasteiger partial charge is 0.261 e. The molecule has 0 aliphatic heterocycles. The van der Waals surface area contributed by atoms with E-state index < -0.39 is 15.8 Å². The predicted molar refractivity (Wildman–Crippen MR) is 115 cm³/mol. The summed E-state index contributed by atoms with van der Waals surface area (Å²) in [5.74, 6) is -0.00854. The molecule has 2 N–H and O–H groups in total. The lowest BCUT2D eigenvalue weighted by Gasteiger charge is -2.08. The van der Waals surface area contributed by atoms with Crippen LogP contribution in [0.1, 0.15) is 29.9 Å². The number of hydrogen-bond donors (Lipinski definition) is 2. The molecule has 1 fully saturated rings. The number of sulfonamides is 1. The maximum Gasteiger partial charge on any atom is 0.261 e. The Bertz CT molecular complexity index is 1230. The van der Waals surface area contributed by atoms with Gasteiger partial charge in [-0.3, -0.25) is 9.52 Å². The van der Waals surface area contributed by atoms with Crippen LogP contribution in [0.25, 0.3) is 12.2 Å². The van der Waals surface area contributed by atoms with Crippen LogP contribution in [0.2, 0.25) is 0 Å². The van der Waals surface area contributed by atoms with Crippen LogP contribution in [-0.2, 0) is 14.8 Å². The van der Waals surface area contributed by atoms with Gasteiger partial charge in [-0.1, -0.05) is 23.4 Å². The van der Waals surface area contributed by atoms with E-state index in [1.54, 1.807) is 31.2 Å². The maximum atomic E-state index is 13.0. The van der Waals surface area contributed by atoms with Crippen molar-refractivity contribution >= 4 is 39.5 Å². The molecular formula is C22H20FN3O4S. The molecule has 0 spiro atoms. The van der Waals surface area contributed by atoms with Gasteiger partial charge in [0.15, 0.2) is 5.76 Å². The van der Waals surface area contributed by atoms with Crippen LogP contribution in [0.5, 0.6) is 0 Å². The number of rotatable bonds is 7. The standard InChI is InChI=1S/C22H20FN3O4S/c1-14-21(24-22(27)16-5-6-16)20(30-25-14)13-4-15-2-11-19(12-3-15)31(28,29)26-18-9-7-17(23)8-10-18/h2-4,7-13,16,26H,5-6H2,1H3,(H,24,27). The van der Waals surface area contributed by atoms with E-state index in [0.29, 0.717) is 17.1 Å². The first-order valence-corrected chi connectivity index (χ1v) is 11.1. The van der Waals surface area contributed by atoms with Gasteiger partial charge in [0.1, 0.15) is 17.2 Å². The SMILES string of the molecule is Cc1noc(C=Cc2ccc(S(=O)(=O)Nc3ccc(F)cc3)cc2)c1NC(=O)C1CC1. The number of carbonyl (C=O) groups excluding carboxylic acids is 1. The topological polar surface area (TPSA) is 101 Å². The number of anilines is 2. The Hall–Kier alpha value is -3.46. The Labute approximate surface area is 179 Å². The number of benzene rings is 2. The molecule has 0 saturated heterocycles. The summed E-state index contributed by atoms with van der Waals surface area (Å²) in [6.45, 7) is 1.75. The first-order valence-electron chi connectivity index (χ1n) is 9.65. The molecule has 9 heteroatoms. The Morgan fingerprint density at radius 2 is 1.77 bits per heavy atom. The number of carbonyl (C=O) groups is 1.